The van der Waals surface area contributed by atoms with Crippen molar-refractivity contribution >= 4 is 22.4 Å². The van der Waals surface area contributed by atoms with Crippen LogP contribution in [0.4, 0.5) is 5.13 Å². The number of thiazole rings is 1. The third-order valence-corrected chi connectivity index (χ3v) is 4.72. The van der Waals surface area contributed by atoms with Gasteiger partial charge in [-0.1, -0.05) is 32.1 Å². The summed E-state index contributed by atoms with van der Waals surface area (Å²) in [7, 11) is 1.65. The van der Waals surface area contributed by atoms with E-state index >= 15 is 0 Å². The van der Waals surface area contributed by atoms with Crippen molar-refractivity contribution < 1.29 is 19.4 Å². The average molecular weight is 364 g/mol. The van der Waals surface area contributed by atoms with Gasteiger partial charge in [-0.2, -0.15) is 0 Å². The zero-order valence-electron chi connectivity index (χ0n) is 15.2. The Bertz CT molecular complexity index is 750. The minimum Gasteiger partial charge on any atom is -0.497 e. The Morgan fingerprint density at radius 2 is 2.08 bits per heavy atom. The molecule has 0 aliphatic heterocycles. The Labute approximate surface area is 151 Å². The molecule has 1 aromatic carbocycles. The molecule has 0 unspecified atom stereocenters. The first kappa shape index (κ1) is 19.1. The molecular weight excluding hydrogens is 340 g/mol. The van der Waals surface area contributed by atoms with Crippen LogP contribution in [0.25, 0.3) is 0 Å². The molecule has 0 spiro atoms. The number of ether oxygens (including phenoxy) is 2. The highest BCUT2D eigenvalue weighted by Gasteiger charge is 2.20. The van der Waals surface area contributed by atoms with Crippen molar-refractivity contribution in [2.75, 3.05) is 25.6 Å². The number of hydrogen-bond donors (Lipinski definition) is 2. The largest absolute Gasteiger partial charge is 0.497 e. The van der Waals surface area contributed by atoms with Crippen LogP contribution in [-0.4, -0.2) is 36.3 Å². The summed E-state index contributed by atoms with van der Waals surface area (Å²) in [5.41, 5.74) is 1.52. The maximum absolute atomic E-state index is 11.0. The fourth-order valence-electron chi connectivity index (χ4n) is 2.34. The van der Waals surface area contributed by atoms with Gasteiger partial charge in [-0.05, 0) is 30.5 Å². The van der Waals surface area contributed by atoms with Gasteiger partial charge in [-0.15, -0.1) is 0 Å². The third kappa shape index (κ3) is 4.85. The average Bonchev–Trinajstić information content (AvgIpc) is 2.91. The van der Waals surface area contributed by atoms with E-state index in [0.29, 0.717) is 24.0 Å². The molecule has 2 rings (SSSR count). The molecule has 0 fully saturated rings. The van der Waals surface area contributed by atoms with Crippen molar-refractivity contribution in [2.45, 2.75) is 33.1 Å². The predicted octanol–water partition coefficient (Wildman–Crippen LogP) is 3.95. The number of carbonyl (C=O) groups is 1. The second-order valence-corrected chi connectivity index (χ2v) is 7.63. The lowest BCUT2D eigenvalue weighted by atomic mass is 9.86. The van der Waals surface area contributed by atoms with Crippen LogP contribution in [0.1, 0.15) is 41.7 Å². The Hall–Kier alpha value is -2.28. The van der Waals surface area contributed by atoms with Crippen molar-refractivity contribution in [3.8, 4) is 11.5 Å². The van der Waals surface area contributed by atoms with Crippen molar-refractivity contribution in [2.24, 2.45) is 0 Å². The molecule has 0 saturated carbocycles. The molecule has 0 radical (unpaired) electrons. The molecule has 1 heterocycles. The maximum Gasteiger partial charge on any atom is 0.347 e. The molecule has 7 heteroatoms. The quantitative estimate of drug-likeness (QED) is 0.724. The van der Waals surface area contributed by atoms with Crippen LogP contribution in [0.2, 0.25) is 0 Å². The molecule has 0 aliphatic carbocycles. The fraction of sp³-hybridized carbons (Fsp3) is 0.444. The van der Waals surface area contributed by atoms with Crippen LogP contribution in [0, 0.1) is 6.92 Å². The van der Waals surface area contributed by atoms with Gasteiger partial charge < -0.3 is 19.9 Å². The molecule has 6 nitrogen and oxygen atoms in total. The number of nitrogens with zero attached hydrogens (tertiary/aromatic N) is 1. The van der Waals surface area contributed by atoms with E-state index in [1.807, 2.05) is 18.2 Å². The van der Waals surface area contributed by atoms with E-state index < -0.39 is 5.97 Å². The number of methoxy groups -OCH3 is 1. The summed E-state index contributed by atoms with van der Waals surface area (Å²) in [5.74, 6) is 0.666. The Morgan fingerprint density at radius 3 is 2.64 bits per heavy atom. The summed E-state index contributed by atoms with van der Waals surface area (Å²) in [6.45, 7) is 9.03. The molecule has 2 aromatic rings. The molecule has 1 aromatic heterocycles. The summed E-state index contributed by atoms with van der Waals surface area (Å²) >= 11 is 1.13. The molecule has 136 valence electrons. The lowest BCUT2D eigenvalue weighted by Gasteiger charge is -2.23. The molecule has 2 N–H and O–H groups in total. The summed E-state index contributed by atoms with van der Waals surface area (Å²) in [6.07, 6.45) is 0. The Morgan fingerprint density at radius 1 is 1.36 bits per heavy atom. The topological polar surface area (TPSA) is 80.7 Å². The maximum atomic E-state index is 11.0. The number of carboxylic acid groups (broad SMARTS) is 1. The van der Waals surface area contributed by atoms with Crippen molar-refractivity contribution in [3.05, 3.63) is 34.3 Å². The normalized spacial score (nSPS) is 11.2. The molecular formula is C18H24N2O4S. The van der Waals surface area contributed by atoms with Crippen LogP contribution in [0.3, 0.4) is 0 Å². The van der Waals surface area contributed by atoms with E-state index in [-0.39, 0.29) is 10.3 Å². The first-order valence-electron chi connectivity index (χ1n) is 7.98. The summed E-state index contributed by atoms with van der Waals surface area (Å²) in [5, 5.41) is 12.7. The predicted molar refractivity (Wildman–Crippen MR) is 99.5 cm³/mol. The van der Waals surface area contributed by atoms with Gasteiger partial charge in [0.1, 0.15) is 23.0 Å². The summed E-state index contributed by atoms with van der Waals surface area (Å²) in [6, 6.07) is 5.78. The van der Waals surface area contributed by atoms with E-state index in [1.54, 1.807) is 14.0 Å². The van der Waals surface area contributed by atoms with E-state index in [2.05, 4.69) is 31.1 Å². The van der Waals surface area contributed by atoms with E-state index in [9.17, 15) is 4.79 Å². The number of aromatic nitrogens is 1. The lowest BCUT2D eigenvalue weighted by Crippen LogP contribution is -2.16. The molecule has 0 saturated heterocycles. The van der Waals surface area contributed by atoms with Crippen LogP contribution in [-0.2, 0) is 5.41 Å². The fourth-order valence-corrected chi connectivity index (χ4v) is 3.17. The highest BCUT2D eigenvalue weighted by atomic mass is 32.1. The van der Waals surface area contributed by atoms with E-state index in [0.717, 1.165) is 28.4 Å². The second-order valence-electron chi connectivity index (χ2n) is 6.63. The van der Waals surface area contributed by atoms with Gasteiger partial charge in [0.2, 0.25) is 0 Å². The first-order chi connectivity index (χ1) is 11.7. The SMILES string of the molecule is COc1ccc(OCCNc2nc(C)c(C(=O)O)s2)c(C(C)(C)C)c1. The molecule has 0 bridgehead atoms. The van der Waals surface area contributed by atoms with Gasteiger partial charge in [0, 0.05) is 5.56 Å². The lowest BCUT2D eigenvalue weighted by molar-refractivity contribution is 0.0701. The third-order valence-electron chi connectivity index (χ3n) is 3.62. The molecule has 0 amide bonds. The second kappa shape index (κ2) is 7.74. The number of nitrogens with one attached hydrogen (secondary N) is 1. The number of rotatable bonds is 7. The van der Waals surface area contributed by atoms with Crippen LogP contribution >= 0.6 is 11.3 Å². The van der Waals surface area contributed by atoms with Gasteiger partial charge >= 0.3 is 5.97 Å². The summed E-state index contributed by atoms with van der Waals surface area (Å²) < 4.78 is 11.2. The Balaban J connectivity index is 1.98. The van der Waals surface area contributed by atoms with Gasteiger partial charge in [0.05, 0.1) is 19.3 Å². The first-order valence-corrected chi connectivity index (χ1v) is 8.80. The number of hydrogen-bond acceptors (Lipinski definition) is 6. The van der Waals surface area contributed by atoms with Gasteiger partial charge in [-0.25, -0.2) is 9.78 Å². The van der Waals surface area contributed by atoms with E-state index in [4.69, 9.17) is 14.6 Å². The molecule has 25 heavy (non-hydrogen) atoms. The minimum absolute atomic E-state index is 0.0693. The van der Waals surface area contributed by atoms with Crippen molar-refractivity contribution in [1.82, 2.24) is 4.98 Å². The van der Waals surface area contributed by atoms with Gasteiger partial charge in [0.25, 0.3) is 0 Å². The number of aryl methyl sites for hydroxylation is 1. The smallest absolute Gasteiger partial charge is 0.347 e. The standard InChI is InChI=1S/C18H24N2O4S/c1-11-15(16(21)22)25-17(20-11)19-8-9-24-14-7-6-12(23-5)10-13(14)18(2,3)4/h6-7,10H,8-9H2,1-5H3,(H,19,20)(H,21,22). The van der Waals surface area contributed by atoms with E-state index in [1.165, 1.54) is 0 Å². The molecule has 0 aliphatic rings. The Kier molecular flexibility index (Phi) is 5.89. The van der Waals surface area contributed by atoms with Crippen LogP contribution in [0.15, 0.2) is 18.2 Å². The number of carboxylic acids is 1. The van der Waals surface area contributed by atoms with Gasteiger partial charge in [-0.3, -0.25) is 0 Å². The summed E-state index contributed by atoms with van der Waals surface area (Å²) in [4.78, 5) is 15.5. The van der Waals surface area contributed by atoms with Crippen LogP contribution in [0.5, 0.6) is 11.5 Å². The zero-order valence-corrected chi connectivity index (χ0v) is 16.0. The monoisotopic (exact) mass is 364 g/mol. The van der Waals surface area contributed by atoms with Crippen molar-refractivity contribution in [3.63, 3.8) is 0 Å². The van der Waals surface area contributed by atoms with Crippen LogP contribution < -0.4 is 14.8 Å². The number of aromatic carboxylic acids is 1. The highest BCUT2D eigenvalue weighted by Crippen LogP contribution is 2.34. The highest BCUT2D eigenvalue weighted by molar-refractivity contribution is 7.17. The van der Waals surface area contributed by atoms with Gasteiger partial charge in [0.15, 0.2) is 5.13 Å². The van der Waals surface area contributed by atoms with Crippen molar-refractivity contribution in [1.29, 1.82) is 0 Å². The number of benzene rings is 1. The minimum atomic E-state index is -0.952. The number of anilines is 1. The zero-order chi connectivity index (χ0) is 18.6. The molecule has 0 atom stereocenters.